The Morgan fingerprint density at radius 1 is 1.08 bits per heavy atom. The van der Waals surface area contributed by atoms with Gasteiger partial charge < -0.3 is 9.94 Å². The highest BCUT2D eigenvalue weighted by Gasteiger charge is 2.25. The summed E-state index contributed by atoms with van der Waals surface area (Å²) in [5.41, 5.74) is 5.90. The van der Waals surface area contributed by atoms with E-state index in [1.165, 1.54) is 0 Å². The van der Waals surface area contributed by atoms with Crippen molar-refractivity contribution in [2.75, 3.05) is 7.11 Å². The minimum absolute atomic E-state index is 0.597. The van der Waals surface area contributed by atoms with E-state index in [0.29, 0.717) is 11.4 Å². The molecule has 0 radical (unpaired) electrons. The van der Waals surface area contributed by atoms with E-state index in [2.05, 4.69) is 5.16 Å². The quantitative estimate of drug-likeness (QED) is 0.547. The Bertz CT molecular complexity index is 960. The van der Waals surface area contributed by atoms with Crippen molar-refractivity contribution in [1.82, 2.24) is 9.78 Å². The van der Waals surface area contributed by atoms with Crippen LogP contribution in [0.2, 0.25) is 5.02 Å². The summed E-state index contributed by atoms with van der Waals surface area (Å²) < 4.78 is 7.21. The van der Waals surface area contributed by atoms with Crippen LogP contribution in [0.5, 0.6) is 5.75 Å². The Morgan fingerprint density at radius 3 is 2.46 bits per heavy atom. The molecule has 1 aliphatic rings. The molecule has 132 valence electrons. The van der Waals surface area contributed by atoms with E-state index in [1.807, 2.05) is 53.2 Å². The third-order valence-electron chi connectivity index (χ3n) is 4.67. The molecule has 1 aliphatic carbocycles. The molecule has 0 spiro atoms. The Labute approximate surface area is 156 Å². The summed E-state index contributed by atoms with van der Waals surface area (Å²) in [6, 6.07) is 15.5. The number of aromatic nitrogens is 2. The molecule has 26 heavy (non-hydrogen) atoms. The van der Waals surface area contributed by atoms with Crippen molar-refractivity contribution in [1.29, 1.82) is 0 Å². The minimum Gasteiger partial charge on any atom is -0.497 e. The van der Waals surface area contributed by atoms with Gasteiger partial charge in [0.05, 0.1) is 29.9 Å². The molecule has 0 unspecified atom stereocenters. The number of methoxy groups -OCH3 is 1. The molecule has 0 bridgehead atoms. The summed E-state index contributed by atoms with van der Waals surface area (Å²) in [6.07, 6.45) is 2.08. The van der Waals surface area contributed by atoms with Gasteiger partial charge >= 0.3 is 0 Å². The number of aryl methyl sites for hydroxylation is 1. The number of oxime groups is 1. The van der Waals surface area contributed by atoms with Crippen LogP contribution in [0.4, 0.5) is 0 Å². The summed E-state index contributed by atoms with van der Waals surface area (Å²) in [6.45, 7) is 0. The largest absolute Gasteiger partial charge is 0.497 e. The van der Waals surface area contributed by atoms with Gasteiger partial charge in [-0.25, -0.2) is 4.68 Å². The molecule has 0 saturated carbocycles. The Morgan fingerprint density at radius 2 is 1.81 bits per heavy atom. The van der Waals surface area contributed by atoms with E-state index in [-0.39, 0.29) is 0 Å². The number of nitrogens with zero attached hydrogens (tertiary/aromatic N) is 3. The highest BCUT2D eigenvalue weighted by molar-refractivity contribution is 6.30. The number of hydrogen-bond acceptors (Lipinski definition) is 4. The fraction of sp³-hybridized carbons (Fsp3) is 0.200. The lowest BCUT2D eigenvalue weighted by atomic mass is 9.92. The summed E-state index contributed by atoms with van der Waals surface area (Å²) in [5, 5.41) is 18.2. The zero-order valence-electron chi connectivity index (χ0n) is 14.3. The maximum absolute atomic E-state index is 9.23. The van der Waals surface area contributed by atoms with E-state index in [1.54, 1.807) is 7.11 Å². The molecule has 5 nitrogen and oxygen atoms in total. The molecule has 0 aliphatic heterocycles. The topological polar surface area (TPSA) is 59.6 Å². The first-order chi connectivity index (χ1) is 12.7. The zero-order chi connectivity index (χ0) is 18.1. The van der Waals surface area contributed by atoms with Crippen LogP contribution in [-0.4, -0.2) is 27.8 Å². The lowest BCUT2D eigenvalue weighted by Crippen LogP contribution is -2.13. The minimum atomic E-state index is 0.597. The van der Waals surface area contributed by atoms with Crippen molar-refractivity contribution in [3.63, 3.8) is 0 Å². The van der Waals surface area contributed by atoms with Gasteiger partial charge in [0.1, 0.15) is 5.75 Å². The van der Waals surface area contributed by atoms with Gasteiger partial charge in [0, 0.05) is 22.6 Å². The molecular formula is C20H18ClN3O2. The summed E-state index contributed by atoms with van der Waals surface area (Å²) in [7, 11) is 1.65. The second-order valence-electron chi connectivity index (χ2n) is 6.23. The first-order valence-electron chi connectivity index (χ1n) is 8.40. The maximum Gasteiger partial charge on any atom is 0.119 e. The fourth-order valence-electron chi connectivity index (χ4n) is 3.34. The van der Waals surface area contributed by atoms with Gasteiger partial charge in [0.2, 0.25) is 0 Å². The molecule has 1 N–H and O–H groups in total. The zero-order valence-corrected chi connectivity index (χ0v) is 15.1. The van der Waals surface area contributed by atoms with Crippen molar-refractivity contribution in [3.8, 4) is 22.7 Å². The van der Waals surface area contributed by atoms with Crippen LogP contribution in [0.15, 0.2) is 53.7 Å². The summed E-state index contributed by atoms with van der Waals surface area (Å²) >= 11 is 6.06. The highest BCUT2D eigenvalue weighted by atomic mass is 35.5. The van der Waals surface area contributed by atoms with Gasteiger partial charge in [-0.1, -0.05) is 28.9 Å². The van der Waals surface area contributed by atoms with Gasteiger partial charge in [0.15, 0.2) is 0 Å². The van der Waals surface area contributed by atoms with Crippen LogP contribution in [0, 0.1) is 0 Å². The van der Waals surface area contributed by atoms with E-state index >= 15 is 0 Å². The standard InChI is InChI=1S/C20H18ClN3O2/c1-26-17-9-7-16(8-10-17)24-20(13-2-4-14(21)5-3-13)18-12-15(23-25)6-11-19(18)22-24/h2-5,7-10,25H,6,11-12H2,1H3/b23-15+. The van der Waals surface area contributed by atoms with Gasteiger partial charge in [-0.05, 0) is 49.2 Å². The Hall–Kier alpha value is -2.79. The number of rotatable bonds is 3. The number of fused-ring (bicyclic) bond motifs is 1. The average molecular weight is 368 g/mol. The lowest BCUT2D eigenvalue weighted by Gasteiger charge is -2.14. The van der Waals surface area contributed by atoms with Crippen molar-refractivity contribution < 1.29 is 9.94 Å². The molecule has 4 rings (SSSR count). The van der Waals surface area contributed by atoms with Crippen LogP contribution in [0.3, 0.4) is 0 Å². The fourth-order valence-corrected chi connectivity index (χ4v) is 3.46. The first-order valence-corrected chi connectivity index (χ1v) is 8.78. The van der Waals surface area contributed by atoms with Crippen molar-refractivity contribution in [3.05, 3.63) is 64.8 Å². The molecule has 0 fully saturated rings. The predicted molar refractivity (Wildman–Crippen MR) is 102 cm³/mol. The molecule has 1 aromatic heterocycles. The lowest BCUT2D eigenvalue weighted by molar-refractivity contribution is 0.316. The summed E-state index contributed by atoms with van der Waals surface area (Å²) in [4.78, 5) is 0. The van der Waals surface area contributed by atoms with Crippen LogP contribution >= 0.6 is 11.6 Å². The van der Waals surface area contributed by atoms with Crippen molar-refractivity contribution in [2.24, 2.45) is 5.16 Å². The number of benzene rings is 2. The van der Waals surface area contributed by atoms with Crippen LogP contribution in [-0.2, 0) is 12.8 Å². The highest BCUT2D eigenvalue weighted by Crippen LogP contribution is 2.34. The molecule has 3 aromatic rings. The molecule has 2 aromatic carbocycles. The third-order valence-corrected chi connectivity index (χ3v) is 4.93. The molecule has 1 heterocycles. The van der Waals surface area contributed by atoms with Crippen LogP contribution < -0.4 is 4.74 Å². The normalized spacial score (nSPS) is 15.1. The SMILES string of the molecule is COc1ccc(-n2nc3c(c2-c2ccc(Cl)cc2)C/C(=N/O)CC3)cc1. The van der Waals surface area contributed by atoms with E-state index < -0.39 is 0 Å². The van der Waals surface area contributed by atoms with Crippen LogP contribution in [0.1, 0.15) is 17.7 Å². The van der Waals surface area contributed by atoms with E-state index in [4.69, 9.17) is 21.4 Å². The predicted octanol–water partition coefficient (Wildman–Crippen LogP) is 4.52. The Balaban J connectivity index is 1.90. The second-order valence-corrected chi connectivity index (χ2v) is 6.67. The van der Waals surface area contributed by atoms with Crippen LogP contribution in [0.25, 0.3) is 16.9 Å². The molecule has 0 atom stereocenters. The molecular weight excluding hydrogens is 350 g/mol. The van der Waals surface area contributed by atoms with Crippen molar-refractivity contribution >= 4 is 17.3 Å². The number of hydrogen-bond donors (Lipinski definition) is 1. The Kier molecular flexibility index (Phi) is 4.39. The number of halogens is 1. The molecule has 0 amide bonds. The summed E-state index contributed by atoms with van der Waals surface area (Å²) in [5.74, 6) is 0.799. The van der Waals surface area contributed by atoms with Gasteiger partial charge in [0.25, 0.3) is 0 Å². The third kappa shape index (κ3) is 2.95. The monoisotopic (exact) mass is 367 g/mol. The van der Waals surface area contributed by atoms with E-state index in [0.717, 1.165) is 52.5 Å². The maximum atomic E-state index is 9.23. The van der Waals surface area contributed by atoms with E-state index in [9.17, 15) is 5.21 Å². The smallest absolute Gasteiger partial charge is 0.119 e. The number of ether oxygens (including phenoxy) is 1. The van der Waals surface area contributed by atoms with Crippen molar-refractivity contribution in [2.45, 2.75) is 19.3 Å². The molecule has 0 saturated heterocycles. The average Bonchev–Trinajstić information content (AvgIpc) is 3.07. The van der Waals surface area contributed by atoms with Gasteiger partial charge in [-0.2, -0.15) is 5.10 Å². The van der Waals surface area contributed by atoms with Gasteiger partial charge in [-0.15, -0.1) is 0 Å². The molecule has 6 heteroatoms. The van der Waals surface area contributed by atoms with Gasteiger partial charge in [-0.3, -0.25) is 0 Å². The first kappa shape index (κ1) is 16.7. The second kappa shape index (κ2) is 6.84.